The summed E-state index contributed by atoms with van der Waals surface area (Å²) in [7, 11) is 0. The lowest BCUT2D eigenvalue weighted by Crippen LogP contribution is -2.41. The Morgan fingerprint density at radius 2 is 1.75 bits per heavy atom. The van der Waals surface area contributed by atoms with Crippen molar-refractivity contribution in [3.63, 3.8) is 0 Å². The van der Waals surface area contributed by atoms with E-state index in [0.29, 0.717) is 6.54 Å². The van der Waals surface area contributed by atoms with E-state index in [4.69, 9.17) is 4.74 Å². The van der Waals surface area contributed by atoms with Crippen molar-refractivity contribution in [2.75, 3.05) is 26.2 Å². The number of ether oxygens (including phenoxy) is 1. The molecule has 28 heavy (non-hydrogen) atoms. The van der Waals surface area contributed by atoms with Crippen LogP contribution in [0, 0.1) is 25.6 Å². The quantitative estimate of drug-likeness (QED) is 0.762. The van der Waals surface area contributed by atoms with Crippen LogP contribution in [-0.4, -0.2) is 47.5 Å². The summed E-state index contributed by atoms with van der Waals surface area (Å²) in [5, 5.41) is 20.9. The molecule has 4 nitrogen and oxygen atoms in total. The summed E-state index contributed by atoms with van der Waals surface area (Å²) < 4.78 is 18.9. The fraction of sp³-hybridized carbons (Fsp3) is 0.478. The molecule has 2 aromatic carbocycles. The molecule has 0 aromatic heterocycles. The van der Waals surface area contributed by atoms with Gasteiger partial charge >= 0.3 is 0 Å². The minimum absolute atomic E-state index is 0.157. The Labute approximate surface area is 166 Å². The van der Waals surface area contributed by atoms with Gasteiger partial charge in [-0.1, -0.05) is 24.3 Å². The van der Waals surface area contributed by atoms with E-state index in [1.807, 2.05) is 32.0 Å². The van der Waals surface area contributed by atoms with Gasteiger partial charge in [0, 0.05) is 6.54 Å². The Hall–Kier alpha value is -1.95. The number of β-amino-alcohol motifs (C(OH)–C–C–N with tert-alkyl or cyclic N) is 1. The predicted octanol–water partition coefficient (Wildman–Crippen LogP) is 3.63. The number of hydrogen-bond donors (Lipinski definition) is 2. The number of nitrogens with zero attached hydrogens (tertiary/aromatic N) is 1. The Balaban J connectivity index is 1.43. The molecule has 1 aliphatic heterocycles. The molecule has 0 radical (unpaired) electrons. The molecular formula is C23H30FNO3. The van der Waals surface area contributed by atoms with Crippen molar-refractivity contribution in [3.8, 4) is 5.75 Å². The minimum atomic E-state index is -0.569. The van der Waals surface area contributed by atoms with Gasteiger partial charge in [0.05, 0.1) is 6.10 Å². The van der Waals surface area contributed by atoms with Crippen LogP contribution in [0.4, 0.5) is 4.39 Å². The van der Waals surface area contributed by atoms with Crippen molar-refractivity contribution in [2.45, 2.75) is 38.9 Å². The van der Waals surface area contributed by atoms with Gasteiger partial charge in [0.1, 0.15) is 24.3 Å². The summed E-state index contributed by atoms with van der Waals surface area (Å²) >= 11 is 0. The molecule has 0 bridgehead atoms. The number of piperidine rings is 1. The number of aliphatic hydroxyl groups is 2. The molecule has 2 atom stereocenters. The first-order valence-corrected chi connectivity index (χ1v) is 9.96. The zero-order chi connectivity index (χ0) is 20.1. The van der Waals surface area contributed by atoms with Gasteiger partial charge in [-0.25, -0.2) is 4.39 Å². The summed E-state index contributed by atoms with van der Waals surface area (Å²) in [6.45, 7) is 6.49. The standard InChI is InChI=1S/C23H30FNO3/c1-16-3-4-17(2)22(13-16)28-15-21(26)14-25-11-9-19(10-12-25)23(27)18-5-7-20(24)8-6-18/h3-8,13,19,21,23,26-27H,9-12,14-15H2,1-2H3. The second-order valence-electron chi connectivity index (χ2n) is 7.87. The van der Waals surface area contributed by atoms with Gasteiger partial charge in [0.15, 0.2) is 0 Å². The molecule has 3 rings (SSSR count). The van der Waals surface area contributed by atoms with E-state index in [9.17, 15) is 14.6 Å². The van der Waals surface area contributed by atoms with Crippen LogP contribution in [0.15, 0.2) is 42.5 Å². The number of hydrogen-bond acceptors (Lipinski definition) is 4. The first-order chi connectivity index (χ1) is 13.4. The van der Waals surface area contributed by atoms with Crippen molar-refractivity contribution in [2.24, 2.45) is 5.92 Å². The van der Waals surface area contributed by atoms with Gasteiger partial charge in [-0.05, 0) is 80.6 Å². The van der Waals surface area contributed by atoms with E-state index in [1.165, 1.54) is 12.1 Å². The van der Waals surface area contributed by atoms with Crippen LogP contribution < -0.4 is 4.74 Å². The number of halogens is 1. The third-order valence-corrected chi connectivity index (χ3v) is 5.53. The average molecular weight is 387 g/mol. The first-order valence-electron chi connectivity index (χ1n) is 9.96. The van der Waals surface area contributed by atoms with Crippen LogP contribution >= 0.6 is 0 Å². The van der Waals surface area contributed by atoms with Crippen molar-refractivity contribution in [3.05, 3.63) is 65.0 Å². The third-order valence-electron chi connectivity index (χ3n) is 5.53. The van der Waals surface area contributed by atoms with E-state index in [0.717, 1.165) is 48.4 Å². The second kappa shape index (κ2) is 9.50. The molecule has 2 N–H and O–H groups in total. The van der Waals surface area contributed by atoms with Crippen LogP contribution in [0.5, 0.6) is 5.75 Å². The Kier molecular flexibility index (Phi) is 7.05. The lowest BCUT2D eigenvalue weighted by molar-refractivity contribution is 0.0277. The maximum atomic E-state index is 13.1. The number of aryl methyl sites for hydroxylation is 2. The maximum Gasteiger partial charge on any atom is 0.123 e. The second-order valence-corrected chi connectivity index (χ2v) is 7.87. The summed E-state index contributed by atoms with van der Waals surface area (Å²) in [5.41, 5.74) is 2.96. The zero-order valence-electron chi connectivity index (χ0n) is 16.6. The fourth-order valence-electron chi connectivity index (χ4n) is 3.78. The lowest BCUT2D eigenvalue weighted by atomic mass is 9.87. The molecule has 0 aliphatic carbocycles. The molecule has 1 saturated heterocycles. The van der Waals surface area contributed by atoms with Crippen molar-refractivity contribution < 1.29 is 19.3 Å². The molecular weight excluding hydrogens is 357 g/mol. The highest BCUT2D eigenvalue weighted by atomic mass is 19.1. The van der Waals surface area contributed by atoms with Crippen LogP contribution in [0.1, 0.15) is 35.6 Å². The minimum Gasteiger partial charge on any atom is -0.491 e. The first kappa shape index (κ1) is 20.8. The zero-order valence-corrected chi connectivity index (χ0v) is 16.6. The van der Waals surface area contributed by atoms with E-state index < -0.39 is 12.2 Å². The molecule has 5 heteroatoms. The van der Waals surface area contributed by atoms with Crippen molar-refractivity contribution in [1.82, 2.24) is 4.90 Å². The number of benzene rings is 2. The maximum absolute atomic E-state index is 13.1. The van der Waals surface area contributed by atoms with Gasteiger partial charge in [0.25, 0.3) is 0 Å². The van der Waals surface area contributed by atoms with Gasteiger partial charge < -0.3 is 19.8 Å². The number of rotatable bonds is 7. The van der Waals surface area contributed by atoms with Crippen molar-refractivity contribution in [1.29, 1.82) is 0 Å². The number of aliphatic hydroxyl groups excluding tert-OH is 2. The van der Waals surface area contributed by atoms with Crippen LogP contribution in [0.25, 0.3) is 0 Å². The van der Waals surface area contributed by atoms with Gasteiger partial charge in [-0.15, -0.1) is 0 Å². The topological polar surface area (TPSA) is 52.9 Å². The van der Waals surface area contributed by atoms with Gasteiger partial charge in [-0.2, -0.15) is 0 Å². The Bertz CT molecular complexity index is 757. The van der Waals surface area contributed by atoms with Gasteiger partial charge in [0.2, 0.25) is 0 Å². The van der Waals surface area contributed by atoms with E-state index in [1.54, 1.807) is 12.1 Å². The van der Waals surface area contributed by atoms with Crippen LogP contribution in [0.2, 0.25) is 0 Å². The lowest BCUT2D eigenvalue weighted by Gasteiger charge is -2.35. The van der Waals surface area contributed by atoms with E-state index in [-0.39, 0.29) is 18.3 Å². The molecule has 2 aromatic rings. The summed E-state index contributed by atoms with van der Waals surface area (Å²) in [5.74, 6) is 0.688. The molecule has 1 heterocycles. The SMILES string of the molecule is Cc1ccc(C)c(OCC(O)CN2CCC(C(O)c3ccc(F)cc3)CC2)c1. The monoisotopic (exact) mass is 387 g/mol. The van der Waals surface area contributed by atoms with Crippen LogP contribution in [0.3, 0.4) is 0 Å². The summed E-state index contributed by atoms with van der Waals surface area (Å²) in [6, 6.07) is 12.1. The Morgan fingerprint density at radius 1 is 1.07 bits per heavy atom. The summed E-state index contributed by atoms with van der Waals surface area (Å²) in [6.07, 6.45) is 0.574. The molecule has 1 fully saturated rings. The highest BCUT2D eigenvalue weighted by molar-refractivity contribution is 5.35. The molecule has 2 unspecified atom stereocenters. The third kappa shape index (κ3) is 5.53. The van der Waals surface area contributed by atoms with E-state index in [2.05, 4.69) is 4.90 Å². The molecule has 0 amide bonds. The van der Waals surface area contributed by atoms with Crippen LogP contribution in [-0.2, 0) is 0 Å². The predicted molar refractivity (Wildman–Crippen MR) is 108 cm³/mol. The van der Waals surface area contributed by atoms with Gasteiger partial charge in [-0.3, -0.25) is 0 Å². The average Bonchev–Trinajstić information content (AvgIpc) is 2.69. The molecule has 0 saturated carbocycles. The molecule has 1 aliphatic rings. The fourth-order valence-corrected chi connectivity index (χ4v) is 3.78. The molecule has 0 spiro atoms. The molecule has 152 valence electrons. The normalized spacial score (nSPS) is 18.0. The number of likely N-dealkylation sites (tertiary alicyclic amines) is 1. The smallest absolute Gasteiger partial charge is 0.123 e. The summed E-state index contributed by atoms with van der Waals surface area (Å²) in [4.78, 5) is 2.21. The van der Waals surface area contributed by atoms with E-state index >= 15 is 0 Å². The highest BCUT2D eigenvalue weighted by Crippen LogP contribution is 2.30. The van der Waals surface area contributed by atoms with Crippen molar-refractivity contribution >= 4 is 0 Å². The Morgan fingerprint density at radius 3 is 2.43 bits per heavy atom. The largest absolute Gasteiger partial charge is 0.491 e. The highest BCUT2D eigenvalue weighted by Gasteiger charge is 2.27.